The van der Waals surface area contributed by atoms with Crippen LogP contribution in [0.5, 0.6) is 0 Å². The molecular weight excluding hydrogens is 228 g/mol. The lowest BCUT2D eigenvalue weighted by atomic mass is 9.96. The number of ether oxygens (including phenoxy) is 1. The van der Waals surface area contributed by atoms with E-state index < -0.39 is 23.2 Å². The second-order valence-corrected chi connectivity index (χ2v) is 3.83. The van der Waals surface area contributed by atoms with Gasteiger partial charge in [-0.05, 0) is 12.5 Å². The van der Waals surface area contributed by atoms with E-state index in [4.69, 9.17) is 4.74 Å². The summed E-state index contributed by atoms with van der Waals surface area (Å²) in [6.45, 7) is 0.252. The van der Waals surface area contributed by atoms with Gasteiger partial charge in [0.25, 0.3) is 5.69 Å². The molecule has 1 aromatic rings. The van der Waals surface area contributed by atoms with Crippen molar-refractivity contribution in [1.82, 2.24) is 4.98 Å². The number of nitrogens with zero attached hydrogens (tertiary/aromatic N) is 2. The SMILES string of the molecule is O=[N+]([O-])c1cnccc1C1OCCC(O)C1O. The predicted octanol–water partition coefficient (Wildman–Crippen LogP) is 0.173. The molecule has 3 unspecified atom stereocenters. The first-order valence-electron chi connectivity index (χ1n) is 5.17. The molecule has 2 rings (SSSR count). The van der Waals surface area contributed by atoms with Gasteiger partial charge in [-0.15, -0.1) is 0 Å². The number of aliphatic hydroxyl groups is 2. The van der Waals surface area contributed by atoms with Crippen LogP contribution in [0.25, 0.3) is 0 Å². The van der Waals surface area contributed by atoms with Gasteiger partial charge in [-0.3, -0.25) is 15.1 Å². The van der Waals surface area contributed by atoms with Crippen LogP contribution in [0.4, 0.5) is 5.69 Å². The van der Waals surface area contributed by atoms with Crippen LogP contribution in [0.1, 0.15) is 18.1 Å². The Kier molecular flexibility index (Phi) is 3.32. The molecule has 3 atom stereocenters. The van der Waals surface area contributed by atoms with Gasteiger partial charge in [0.2, 0.25) is 0 Å². The van der Waals surface area contributed by atoms with E-state index in [0.29, 0.717) is 6.42 Å². The molecule has 1 saturated heterocycles. The maximum atomic E-state index is 10.8. The molecule has 0 amide bonds. The van der Waals surface area contributed by atoms with Crippen molar-refractivity contribution in [2.24, 2.45) is 0 Å². The van der Waals surface area contributed by atoms with Crippen LogP contribution in [-0.4, -0.2) is 38.9 Å². The molecule has 92 valence electrons. The zero-order valence-electron chi connectivity index (χ0n) is 8.89. The minimum absolute atomic E-state index is 0.217. The van der Waals surface area contributed by atoms with Crippen LogP contribution in [0, 0.1) is 10.1 Å². The average Bonchev–Trinajstić information content (AvgIpc) is 2.33. The molecule has 0 aliphatic carbocycles. The van der Waals surface area contributed by atoms with E-state index in [2.05, 4.69) is 4.98 Å². The summed E-state index contributed by atoms with van der Waals surface area (Å²) >= 11 is 0. The molecule has 1 aliphatic heterocycles. The van der Waals surface area contributed by atoms with Crippen molar-refractivity contribution >= 4 is 5.69 Å². The van der Waals surface area contributed by atoms with Gasteiger partial charge >= 0.3 is 0 Å². The van der Waals surface area contributed by atoms with E-state index in [1.165, 1.54) is 12.3 Å². The zero-order chi connectivity index (χ0) is 12.4. The Morgan fingerprint density at radius 2 is 2.29 bits per heavy atom. The number of nitro groups is 1. The van der Waals surface area contributed by atoms with Crippen molar-refractivity contribution in [2.45, 2.75) is 24.7 Å². The highest BCUT2D eigenvalue weighted by molar-refractivity contribution is 5.39. The first-order chi connectivity index (χ1) is 8.11. The Balaban J connectivity index is 2.36. The van der Waals surface area contributed by atoms with Crippen LogP contribution < -0.4 is 0 Å². The Morgan fingerprint density at radius 3 is 3.00 bits per heavy atom. The highest BCUT2D eigenvalue weighted by atomic mass is 16.6. The highest BCUT2D eigenvalue weighted by Crippen LogP contribution is 2.33. The van der Waals surface area contributed by atoms with Crippen molar-refractivity contribution in [3.63, 3.8) is 0 Å². The third kappa shape index (κ3) is 2.26. The third-order valence-corrected chi connectivity index (χ3v) is 2.75. The Bertz CT molecular complexity index is 425. The van der Waals surface area contributed by atoms with Gasteiger partial charge in [-0.1, -0.05) is 0 Å². The van der Waals surface area contributed by atoms with E-state index in [-0.39, 0.29) is 17.9 Å². The number of hydrogen-bond donors (Lipinski definition) is 2. The largest absolute Gasteiger partial charge is 0.390 e. The maximum Gasteiger partial charge on any atom is 0.293 e. The number of rotatable bonds is 2. The fourth-order valence-corrected chi connectivity index (χ4v) is 1.85. The predicted molar refractivity (Wildman–Crippen MR) is 56.2 cm³/mol. The fourth-order valence-electron chi connectivity index (χ4n) is 1.85. The molecule has 1 aromatic heterocycles. The Labute approximate surface area is 96.8 Å². The van der Waals surface area contributed by atoms with Crippen molar-refractivity contribution in [3.8, 4) is 0 Å². The van der Waals surface area contributed by atoms with Gasteiger partial charge in [-0.2, -0.15) is 0 Å². The average molecular weight is 240 g/mol. The van der Waals surface area contributed by atoms with Gasteiger partial charge in [-0.25, -0.2) is 0 Å². The standard InChI is InChI=1S/C10H12N2O5/c13-8-2-4-17-10(9(8)14)6-1-3-11-5-7(6)12(15)16/h1,3,5,8-10,13-14H,2,4H2. The molecule has 7 nitrogen and oxygen atoms in total. The summed E-state index contributed by atoms with van der Waals surface area (Å²) in [5.41, 5.74) is 0.0156. The first-order valence-corrected chi connectivity index (χ1v) is 5.17. The van der Waals surface area contributed by atoms with Gasteiger partial charge in [0, 0.05) is 6.20 Å². The Hall–Kier alpha value is -1.57. The molecule has 0 aromatic carbocycles. The number of aromatic nitrogens is 1. The summed E-state index contributed by atoms with van der Waals surface area (Å²) in [4.78, 5) is 13.9. The number of aliphatic hydroxyl groups excluding tert-OH is 2. The van der Waals surface area contributed by atoms with E-state index >= 15 is 0 Å². The van der Waals surface area contributed by atoms with Crippen LogP contribution in [0.3, 0.4) is 0 Å². The van der Waals surface area contributed by atoms with E-state index in [1.807, 2.05) is 0 Å². The lowest BCUT2D eigenvalue weighted by Crippen LogP contribution is -2.39. The molecule has 0 bridgehead atoms. The zero-order valence-corrected chi connectivity index (χ0v) is 8.89. The van der Waals surface area contributed by atoms with Crippen molar-refractivity contribution < 1.29 is 19.9 Å². The molecule has 17 heavy (non-hydrogen) atoms. The van der Waals surface area contributed by atoms with Crippen LogP contribution in [-0.2, 0) is 4.74 Å². The second kappa shape index (κ2) is 4.74. The van der Waals surface area contributed by atoms with Gasteiger partial charge < -0.3 is 14.9 Å². The summed E-state index contributed by atoms with van der Waals surface area (Å²) in [6.07, 6.45) is -0.170. The highest BCUT2D eigenvalue weighted by Gasteiger charge is 2.36. The van der Waals surface area contributed by atoms with Crippen LogP contribution >= 0.6 is 0 Å². The smallest absolute Gasteiger partial charge is 0.293 e. The fraction of sp³-hybridized carbons (Fsp3) is 0.500. The lowest BCUT2D eigenvalue weighted by molar-refractivity contribution is -0.386. The minimum atomic E-state index is -1.16. The van der Waals surface area contributed by atoms with Crippen LogP contribution in [0.2, 0.25) is 0 Å². The van der Waals surface area contributed by atoms with E-state index in [0.717, 1.165) is 6.20 Å². The molecule has 0 saturated carbocycles. The van der Waals surface area contributed by atoms with Crippen molar-refractivity contribution in [2.75, 3.05) is 6.61 Å². The van der Waals surface area contributed by atoms with Gasteiger partial charge in [0.15, 0.2) is 0 Å². The molecule has 1 fully saturated rings. The summed E-state index contributed by atoms with van der Waals surface area (Å²) in [6, 6.07) is 1.42. The molecule has 0 spiro atoms. The summed E-state index contributed by atoms with van der Waals surface area (Å²) < 4.78 is 5.30. The summed E-state index contributed by atoms with van der Waals surface area (Å²) in [5, 5.41) is 30.1. The van der Waals surface area contributed by atoms with E-state index in [1.54, 1.807) is 0 Å². The van der Waals surface area contributed by atoms with Gasteiger partial charge in [0.05, 0.1) is 23.2 Å². The summed E-state index contributed by atoms with van der Waals surface area (Å²) in [5.74, 6) is 0. The lowest BCUT2D eigenvalue weighted by Gasteiger charge is -2.31. The van der Waals surface area contributed by atoms with Crippen molar-refractivity contribution in [3.05, 3.63) is 34.1 Å². The normalized spacial score (nSPS) is 28.9. The molecule has 1 aliphatic rings. The molecule has 2 N–H and O–H groups in total. The van der Waals surface area contributed by atoms with Crippen LogP contribution in [0.15, 0.2) is 18.5 Å². The molecular formula is C10H12N2O5. The quantitative estimate of drug-likeness (QED) is 0.564. The topological polar surface area (TPSA) is 106 Å². The first kappa shape index (κ1) is 11.9. The van der Waals surface area contributed by atoms with E-state index in [9.17, 15) is 20.3 Å². The van der Waals surface area contributed by atoms with Crippen molar-refractivity contribution in [1.29, 1.82) is 0 Å². The molecule has 2 heterocycles. The number of pyridine rings is 1. The Morgan fingerprint density at radius 1 is 1.53 bits per heavy atom. The third-order valence-electron chi connectivity index (χ3n) is 2.75. The van der Waals surface area contributed by atoms with Gasteiger partial charge in [0.1, 0.15) is 18.4 Å². The summed E-state index contributed by atoms with van der Waals surface area (Å²) in [7, 11) is 0. The second-order valence-electron chi connectivity index (χ2n) is 3.83. The molecule has 7 heteroatoms. The monoisotopic (exact) mass is 240 g/mol. The maximum absolute atomic E-state index is 10.8. The minimum Gasteiger partial charge on any atom is -0.390 e. The number of hydrogen-bond acceptors (Lipinski definition) is 6. The molecule has 0 radical (unpaired) electrons.